The predicted octanol–water partition coefficient (Wildman–Crippen LogP) is 3.14. The molecular formula is C14H20ClN3OS2. The molecule has 1 unspecified atom stereocenters. The Bertz CT molecular complexity index is 481. The molecule has 1 fully saturated rings. The van der Waals surface area contributed by atoms with Gasteiger partial charge in [0.2, 0.25) is 0 Å². The van der Waals surface area contributed by atoms with Gasteiger partial charge in [-0.25, -0.2) is 4.98 Å². The van der Waals surface area contributed by atoms with Crippen LogP contribution >= 0.6 is 35.1 Å². The molecule has 0 spiro atoms. The van der Waals surface area contributed by atoms with E-state index in [0.717, 1.165) is 24.5 Å². The fourth-order valence-corrected chi connectivity index (χ4v) is 4.70. The summed E-state index contributed by atoms with van der Waals surface area (Å²) in [5.74, 6) is 3.93. The summed E-state index contributed by atoms with van der Waals surface area (Å²) in [6.45, 7) is 3.57. The lowest BCUT2D eigenvalue weighted by Gasteiger charge is -2.21. The van der Waals surface area contributed by atoms with Crippen molar-refractivity contribution in [3.05, 3.63) is 22.8 Å². The van der Waals surface area contributed by atoms with E-state index in [-0.39, 0.29) is 5.91 Å². The first-order valence-electron chi connectivity index (χ1n) is 7.08. The van der Waals surface area contributed by atoms with E-state index in [1.54, 1.807) is 12.1 Å². The highest BCUT2D eigenvalue weighted by atomic mass is 35.5. The number of hydrogen-bond donors (Lipinski definition) is 2. The van der Waals surface area contributed by atoms with Gasteiger partial charge in [0.25, 0.3) is 5.91 Å². The molecule has 4 nitrogen and oxygen atoms in total. The lowest BCUT2D eigenvalue weighted by molar-refractivity contribution is 0.0949. The zero-order valence-electron chi connectivity index (χ0n) is 12.0. The van der Waals surface area contributed by atoms with Crippen molar-refractivity contribution < 1.29 is 4.79 Å². The van der Waals surface area contributed by atoms with E-state index < -0.39 is 0 Å². The minimum atomic E-state index is -0.198. The molecule has 1 aliphatic rings. The smallest absolute Gasteiger partial charge is 0.271 e. The molecule has 1 saturated heterocycles. The van der Waals surface area contributed by atoms with Crippen molar-refractivity contribution in [2.75, 3.05) is 35.7 Å². The van der Waals surface area contributed by atoms with Crippen LogP contribution in [0.2, 0.25) is 5.02 Å². The molecule has 2 rings (SSSR count). The molecule has 0 aromatic carbocycles. The van der Waals surface area contributed by atoms with Gasteiger partial charge < -0.3 is 10.6 Å². The summed E-state index contributed by atoms with van der Waals surface area (Å²) in [6, 6.07) is 3.51. The summed E-state index contributed by atoms with van der Waals surface area (Å²) in [4.78, 5) is 16.5. The van der Waals surface area contributed by atoms with E-state index in [0.29, 0.717) is 28.3 Å². The van der Waals surface area contributed by atoms with Crippen molar-refractivity contribution in [2.24, 2.45) is 0 Å². The minimum Gasteiger partial charge on any atom is -0.370 e. The van der Waals surface area contributed by atoms with Crippen LogP contribution in [0.4, 0.5) is 5.82 Å². The number of halogens is 1. The second-order valence-corrected chi connectivity index (χ2v) is 7.70. The number of amides is 1. The van der Waals surface area contributed by atoms with E-state index in [4.69, 9.17) is 11.6 Å². The second kappa shape index (κ2) is 8.76. The third-order valence-corrected chi connectivity index (χ3v) is 6.14. The van der Waals surface area contributed by atoms with Crippen LogP contribution in [-0.4, -0.2) is 46.5 Å². The normalized spacial score (nSPS) is 18.3. The van der Waals surface area contributed by atoms with Gasteiger partial charge in [0.1, 0.15) is 11.5 Å². The molecule has 0 bridgehead atoms. The largest absolute Gasteiger partial charge is 0.370 e. The Morgan fingerprint density at radius 3 is 3.05 bits per heavy atom. The standard InChI is InChI=1S/C14H20ClN3OS2/c1-2-5-16-12-4-3-11(15)13(18-12)14(19)17-8-10-9-20-6-7-21-10/h3-4,10H,2,5-9H2,1H3,(H,16,18)(H,17,19). The van der Waals surface area contributed by atoms with Crippen molar-refractivity contribution in [1.82, 2.24) is 10.3 Å². The first kappa shape index (κ1) is 16.8. The maximum Gasteiger partial charge on any atom is 0.271 e. The number of carbonyl (C=O) groups is 1. The summed E-state index contributed by atoms with van der Waals surface area (Å²) in [7, 11) is 0. The van der Waals surface area contributed by atoms with Gasteiger partial charge in [-0.15, -0.1) is 0 Å². The quantitative estimate of drug-likeness (QED) is 0.829. The molecule has 0 saturated carbocycles. The Morgan fingerprint density at radius 1 is 1.48 bits per heavy atom. The number of thioether (sulfide) groups is 2. The van der Waals surface area contributed by atoms with Crippen molar-refractivity contribution in [3.63, 3.8) is 0 Å². The lowest BCUT2D eigenvalue weighted by atomic mass is 10.3. The number of nitrogens with zero attached hydrogens (tertiary/aromatic N) is 1. The molecule has 116 valence electrons. The number of carbonyl (C=O) groups excluding carboxylic acids is 1. The predicted molar refractivity (Wildman–Crippen MR) is 93.9 cm³/mol. The molecule has 0 radical (unpaired) electrons. The summed E-state index contributed by atoms with van der Waals surface area (Å²) in [5.41, 5.74) is 0.297. The maximum atomic E-state index is 12.2. The van der Waals surface area contributed by atoms with E-state index in [1.165, 1.54) is 5.75 Å². The van der Waals surface area contributed by atoms with Crippen LogP contribution < -0.4 is 10.6 Å². The van der Waals surface area contributed by atoms with Gasteiger partial charge in [-0.3, -0.25) is 4.79 Å². The molecule has 1 aromatic rings. The fraction of sp³-hybridized carbons (Fsp3) is 0.571. The molecule has 2 heterocycles. The molecule has 1 amide bonds. The number of pyridine rings is 1. The highest BCUT2D eigenvalue weighted by Crippen LogP contribution is 2.23. The first-order valence-corrected chi connectivity index (χ1v) is 9.66. The number of anilines is 1. The van der Waals surface area contributed by atoms with E-state index in [9.17, 15) is 4.79 Å². The molecule has 7 heteroatoms. The van der Waals surface area contributed by atoms with Crippen molar-refractivity contribution in [1.29, 1.82) is 0 Å². The van der Waals surface area contributed by atoms with Crippen LogP contribution in [-0.2, 0) is 0 Å². The van der Waals surface area contributed by atoms with Crippen LogP contribution in [0.3, 0.4) is 0 Å². The van der Waals surface area contributed by atoms with Gasteiger partial charge in [-0.2, -0.15) is 23.5 Å². The number of nitrogens with one attached hydrogen (secondary N) is 2. The van der Waals surface area contributed by atoms with Gasteiger partial charge in [0.15, 0.2) is 0 Å². The summed E-state index contributed by atoms with van der Waals surface area (Å²) < 4.78 is 0. The van der Waals surface area contributed by atoms with Gasteiger partial charge in [0, 0.05) is 35.6 Å². The molecule has 21 heavy (non-hydrogen) atoms. The second-order valence-electron chi connectivity index (χ2n) is 4.73. The maximum absolute atomic E-state index is 12.2. The molecular weight excluding hydrogens is 326 g/mol. The van der Waals surface area contributed by atoms with Crippen molar-refractivity contribution >= 4 is 46.8 Å². The lowest BCUT2D eigenvalue weighted by Crippen LogP contribution is -2.34. The van der Waals surface area contributed by atoms with Crippen LogP contribution in [0.25, 0.3) is 0 Å². The van der Waals surface area contributed by atoms with Gasteiger partial charge in [0.05, 0.1) is 5.02 Å². The van der Waals surface area contributed by atoms with Crippen LogP contribution in [0.1, 0.15) is 23.8 Å². The van der Waals surface area contributed by atoms with Gasteiger partial charge in [-0.1, -0.05) is 18.5 Å². The van der Waals surface area contributed by atoms with Gasteiger partial charge >= 0.3 is 0 Å². The SMILES string of the molecule is CCCNc1ccc(Cl)c(C(=O)NCC2CSCCS2)n1. The minimum absolute atomic E-state index is 0.198. The molecule has 1 aliphatic heterocycles. The third-order valence-electron chi connectivity index (χ3n) is 2.99. The summed E-state index contributed by atoms with van der Waals surface area (Å²) >= 11 is 9.95. The Labute approximate surface area is 139 Å². The van der Waals surface area contributed by atoms with E-state index in [2.05, 4.69) is 22.5 Å². The summed E-state index contributed by atoms with van der Waals surface area (Å²) in [6.07, 6.45) is 1.00. The highest BCUT2D eigenvalue weighted by molar-refractivity contribution is 8.06. The number of aromatic nitrogens is 1. The van der Waals surface area contributed by atoms with E-state index in [1.807, 2.05) is 23.5 Å². The van der Waals surface area contributed by atoms with Crippen LogP contribution in [0.5, 0.6) is 0 Å². The zero-order valence-corrected chi connectivity index (χ0v) is 14.4. The fourth-order valence-electron chi connectivity index (χ4n) is 1.90. The Morgan fingerprint density at radius 2 is 2.33 bits per heavy atom. The molecule has 2 N–H and O–H groups in total. The first-order chi connectivity index (χ1) is 10.2. The average Bonchev–Trinajstić information content (AvgIpc) is 2.53. The Balaban J connectivity index is 1.93. The Kier molecular flexibility index (Phi) is 6.99. The zero-order chi connectivity index (χ0) is 15.1. The molecule has 1 aromatic heterocycles. The van der Waals surface area contributed by atoms with Crippen LogP contribution in [0.15, 0.2) is 12.1 Å². The topological polar surface area (TPSA) is 54.0 Å². The molecule has 1 atom stereocenters. The van der Waals surface area contributed by atoms with Crippen molar-refractivity contribution in [3.8, 4) is 0 Å². The highest BCUT2D eigenvalue weighted by Gasteiger charge is 2.18. The van der Waals surface area contributed by atoms with Crippen molar-refractivity contribution in [2.45, 2.75) is 18.6 Å². The number of hydrogen-bond acceptors (Lipinski definition) is 5. The van der Waals surface area contributed by atoms with Gasteiger partial charge in [-0.05, 0) is 18.6 Å². The Hall–Kier alpha value is -0.590. The monoisotopic (exact) mass is 345 g/mol. The number of rotatable bonds is 6. The summed E-state index contributed by atoms with van der Waals surface area (Å²) in [5, 5.41) is 6.98. The molecule has 0 aliphatic carbocycles. The third kappa shape index (κ3) is 5.27. The van der Waals surface area contributed by atoms with Crippen LogP contribution in [0, 0.1) is 0 Å². The average molecular weight is 346 g/mol. The van der Waals surface area contributed by atoms with E-state index >= 15 is 0 Å².